The van der Waals surface area contributed by atoms with Crippen molar-refractivity contribution in [1.82, 2.24) is 9.78 Å². The van der Waals surface area contributed by atoms with Crippen molar-refractivity contribution in [2.24, 2.45) is 5.41 Å². The number of benzene rings is 2. The Bertz CT molecular complexity index is 1600. The Balaban J connectivity index is 1.18. The lowest BCUT2D eigenvalue weighted by molar-refractivity contribution is -0.320. The van der Waals surface area contributed by atoms with E-state index in [2.05, 4.69) is 14.6 Å². The zero-order valence-electron chi connectivity index (χ0n) is 23.3. The van der Waals surface area contributed by atoms with Crippen LogP contribution in [0.3, 0.4) is 0 Å². The van der Waals surface area contributed by atoms with Crippen molar-refractivity contribution in [2.75, 3.05) is 0 Å². The van der Waals surface area contributed by atoms with Crippen molar-refractivity contribution in [3.63, 3.8) is 0 Å². The summed E-state index contributed by atoms with van der Waals surface area (Å²) in [5, 5.41) is 22.7. The van der Waals surface area contributed by atoms with Gasteiger partial charge in [-0.05, 0) is 80.7 Å². The molecule has 1 aliphatic heterocycles. The molecule has 2 bridgehead atoms. The highest BCUT2D eigenvalue weighted by Gasteiger charge is 2.69. The molecule has 3 saturated carbocycles. The van der Waals surface area contributed by atoms with Crippen molar-refractivity contribution in [2.45, 2.75) is 88.4 Å². The highest BCUT2D eigenvalue weighted by molar-refractivity contribution is 5.47. The molecular formula is C30H28F6N2O6. The van der Waals surface area contributed by atoms with Gasteiger partial charge in [0.1, 0.15) is 12.2 Å². The number of aliphatic hydroxyl groups excluding tert-OH is 1. The van der Waals surface area contributed by atoms with Crippen molar-refractivity contribution in [3.05, 3.63) is 64.7 Å². The lowest BCUT2D eigenvalue weighted by Gasteiger charge is -2.71. The molecule has 2 atom stereocenters. The van der Waals surface area contributed by atoms with Crippen molar-refractivity contribution < 1.29 is 55.5 Å². The molecule has 236 valence electrons. The van der Waals surface area contributed by atoms with Gasteiger partial charge in [-0.2, -0.15) is 18.3 Å². The van der Waals surface area contributed by atoms with Crippen LogP contribution in [-0.4, -0.2) is 38.2 Å². The number of fused-ring (bicyclic) bond motifs is 2. The molecule has 0 unspecified atom stereocenters. The predicted molar refractivity (Wildman–Crippen MR) is 139 cm³/mol. The van der Waals surface area contributed by atoms with Crippen LogP contribution in [0.25, 0.3) is 5.69 Å². The summed E-state index contributed by atoms with van der Waals surface area (Å²) >= 11 is 0. The van der Waals surface area contributed by atoms with E-state index in [1.54, 1.807) is 6.92 Å². The maximum Gasteiger partial charge on any atom is 0.586 e. The summed E-state index contributed by atoms with van der Waals surface area (Å²) in [6.07, 6.45) is -8.51. The normalized spacial score (nSPS) is 27.0. The second-order valence-corrected chi connectivity index (χ2v) is 12.3. The third-order valence-electron chi connectivity index (χ3n) is 8.95. The highest BCUT2D eigenvalue weighted by Crippen LogP contribution is 2.72. The van der Waals surface area contributed by atoms with Gasteiger partial charge in [-0.1, -0.05) is 6.07 Å². The predicted octanol–water partition coefficient (Wildman–Crippen LogP) is 6.51. The Morgan fingerprint density at radius 1 is 1.07 bits per heavy atom. The average molecular weight is 627 g/mol. The molecule has 5 aliphatic rings. The van der Waals surface area contributed by atoms with Gasteiger partial charge in [0.25, 0.3) is 0 Å². The Labute approximate surface area is 247 Å². The summed E-state index contributed by atoms with van der Waals surface area (Å²) in [6, 6.07) is 7.60. The summed E-state index contributed by atoms with van der Waals surface area (Å²) in [6.45, 7) is 1.55. The summed E-state index contributed by atoms with van der Waals surface area (Å²) in [5.74, 6) is -1.45. The summed E-state index contributed by atoms with van der Waals surface area (Å²) in [4.78, 5) is 0. The van der Waals surface area contributed by atoms with Crippen LogP contribution in [0.15, 0.2) is 36.4 Å². The zero-order chi connectivity index (χ0) is 31.2. The summed E-state index contributed by atoms with van der Waals surface area (Å²) < 4.78 is 107. The van der Waals surface area contributed by atoms with Crippen LogP contribution in [0.5, 0.6) is 17.2 Å². The van der Waals surface area contributed by atoms with Gasteiger partial charge >= 0.3 is 12.5 Å². The van der Waals surface area contributed by atoms with Crippen molar-refractivity contribution in [1.29, 1.82) is 0 Å². The van der Waals surface area contributed by atoms with E-state index in [1.807, 2.05) is 0 Å². The molecule has 0 amide bonds. The van der Waals surface area contributed by atoms with Gasteiger partial charge in [0, 0.05) is 18.1 Å². The fourth-order valence-electron chi connectivity index (χ4n) is 7.30. The molecule has 0 spiro atoms. The highest BCUT2D eigenvalue weighted by atomic mass is 19.4. The summed E-state index contributed by atoms with van der Waals surface area (Å²) in [7, 11) is 0. The molecule has 14 heteroatoms. The second kappa shape index (κ2) is 9.75. The summed E-state index contributed by atoms with van der Waals surface area (Å²) in [5.41, 5.74) is -1.03. The SMILES string of the molecule is C[C@H](Oc1cc(-n2nc(C(F)(F)F)c3c2[C@H](OC24CC(CC(O)O)(C2)C4)CCC3)ccc1F)c1ccc2c(c1)OC(F)(F)O2. The molecule has 8 rings (SSSR count). The first-order valence-corrected chi connectivity index (χ1v) is 14.2. The van der Waals surface area contributed by atoms with Crippen LogP contribution in [0.2, 0.25) is 0 Å². The van der Waals surface area contributed by atoms with E-state index >= 15 is 0 Å². The molecule has 1 aromatic heterocycles. The number of halogens is 6. The second-order valence-electron chi connectivity index (χ2n) is 12.3. The van der Waals surface area contributed by atoms with Gasteiger partial charge in [0.05, 0.1) is 17.0 Å². The first-order valence-electron chi connectivity index (χ1n) is 14.2. The van der Waals surface area contributed by atoms with Gasteiger partial charge < -0.3 is 29.2 Å². The van der Waals surface area contributed by atoms with Gasteiger partial charge in [-0.25, -0.2) is 9.07 Å². The number of aromatic nitrogens is 2. The minimum atomic E-state index is -4.74. The Hall–Kier alpha value is -3.49. The Morgan fingerprint density at radius 3 is 2.50 bits per heavy atom. The molecule has 3 aromatic rings. The standard InChI is InChI=1S/C30H28F6N2O6/c1-15(16-5-8-20-23(9-16)44-30(35,36)43-20)41-22-10-17(6-7-19(22)31)38-25-18(26(37-38)29(32,33)34)3-2-4-21(25)42-28-12-27(13-28,14-28)11-24(39)40/h5-10,15,21,24,39-40H,2-4,11-14H2,1H3/t15-,21+,27?,28?/m0/s1. The lowest BCUT2D eigenvalue weighted by Crippen LogP contribution is -2.69. The maximum atomic E-state index is 15.0. The first-order chi connectivity index (χ1) is 20.6. The van der Waals surface area contributed by atoms with Crippen LogP contribution >= 0.6 is 0 Å². The van der Waals surface area contributed by atoms with E-state index in [4.69, 9.17) is 9.47 Å². The number of nitrogens with zero attached hydrogens (tertiary/aromatic N) is 2. The topological polar surface area (TPSA) is 95.2 Å². The zero-order valence-corrected chi connectivity index (χ0v) is 23.3. The number of hydrogen-bond donors (Lipinski definition) is 2. The van der Waals surface area contributed by atoms with E-state index in [0.717, 1.165) is 10.7 Å². The fourth-order valence-corrected chi connectivity index (χ4v) is 7.30. The number of ether oxygens (including phenoxy) is 4. The van der Waals surface area contributed by atoms with Crippen LogP contribution in [-0.2, 0) is 17.3 Å². The third kappa shape index (κ3) is 4.96. The number of aliphatic hydroxyl groups is 2. The van der Waals surface area contributed by atoms with Crippen molar-refractivity contribution >= 4 is 0 Å². The van der Waals surface area contributed by atoms with Crippen LogP contribution < -0.4 is 14.2 Å². The molecule has 4 aliphatic carbocycles. The fraction of sp³-hybridized carbons (Fsp3) is 0.500. The first kappa shape index (κ1) is 29.2. The molecule has 0 saturated heterocycles. The molecular weight excluding hydrogens is 598 g/mol. The molecule has 2 N–H and O–H groups in total. The number of hydrogen-bond acceptors (Lipinski definition) is 7. The number of alkyl halides is 5. The molecule has 2 aromatic carbocycles. The van der Waals surface area contributed by atoms with E-state index in [9.17, 15) is 36.6 Å². The van der Waals surface area contributed by atoms with Gasteiger partial charge in [0.2, 0.25) is 0 Å². The minimum absolute atomic E-state index is 0.0261. The monoisotopic (exact) mass is 626 g/mol. The van der Waals surface area contributed by atoms with Gasteiger partial charge in [0.15, 0.2) is 35.0 Å². The molecule has 3 fully saturated rings. The third-order valence-corrected chi connectivity index (χ3v) is 8.95. The quantitative estimate of drug-likeness (QED) is 0.218. The van der Waals surface area contributed by atoms with Crippen LogP contribution in [0, 0.1) is 11.2 Å². The van der Waals surface area contributed by atoms with Crippen molar-refractivity contribution in [3.8, 4) is 22.9 Å². The average Bonchev–Trinajstić information content (AvgIpc) is 3.44. The lowest BCUT2D eigenvalue weighted by atomic mass is 9.40. The molecule has 2 heterocycles. The van der Waals surface area contributed by atoms with Gasteiger partial charge in [-0.3, -0.25) is 0 Å². The number of rotatable bonds is 8. The van der Waals surface area contributed by atoms with Crippen LogP contribution in [0.1, 0.15) is 80.2 Å². The minimum Gasteiger partial charge on any atom is -0.483 e. The Kier molecular flexibility index (Phi) is 6.48. The largest absolute Gasteiger partial charge is 0.586 e. The van der Waals surface area contributed by atoms with Gasteiger partial charge in [-0.15, -0.1) is 8.78 Å². The Morgan fingerprint density at radius 2 is 1.80 bits per heavy atom. The maximum absolute atomic E-state index is 15.0. The molecule has 8 nitrogen and oxygen atoms in total. The van der Waals surface area contributed by atoms with E-state index in [0.29, 0.717) is 37.7 Å². The van der Waals surface area contributed by atoms with Crippen LogP contribution in [0.4, 0.5) is 26.3 Å². The molecule has 0 radical (unpaired) electrons. The van der Waals surface area contributed by atoms with E-state index in [-0.39, 0.29) is 52.4 Å². The van der Waals surface area contributed by atoms with E-state index in [1.165, 1.54) is 30.3 Å². The molecule has 44 heavy (non-hydrogen) atoms. The van der Waals surface area contributed by atoms with E-state index < -0.39 is 48.1 Å². The smallest absolute Gasteiger partial charge is 0.483 e.